The van der Waals surface area contributed by atoms with Gasteiger partial charge in [-0.3, -0.25) is 14.1 Å². The summed E-state index contributed by atoms with van der Waals surface area (Å²) in [6.07, 6.45) is 1.88. The van der Waals surface area contributed by atoms with E-state index in [2.05, 4.69) is 5.32 Å². The third-order valence-corrected chi connectivity index (χ3v) is 4.89. The van der Waals surface area contributed by atoms with Crippen LogP contribution in [0.15, 0.2) is 40.9 Å². The SMILES string of the molecule is N#C/C(=C/Nc1ccc(S(=O)(=O)O)cc1)C(=O)N1CCC(C(=O)O)CC1. The fourth-order valence-corrected chi connectivity index (χ4v) is 3.00. The van der Waals surface area contributed by atoms with Crippen LogP contribution in [0.3, 0.4) is 0 Å². The van der Waals surface area contributed by atoms with Crippen molar-refractivity contribution in [2.75, 3.05) is 18.4 Å². The Labute approximate surface area is 150 Å². The van der Waals surface area contributed by atoms with E-state index < -0.39 is 27.9 Å². The molecule has 1 saturated heterocycles. The first-order valence-corrected chi connectivity index (χ1v) is 9.13. The van der Waals surface area contributed by atoms with Gasteiger partial charge in [-0.2, -0.15) is 13.7 Å². The molecular weight excluding hydrogens is 362 g/mol. The fraction of sp³-hybridized carbons (Fsp3) is 0.312. The monoisotopic (exact) mass is 379 g/mol. The van der Waals surface area contributed by atoms with E-state index in [1.807, 2.05) is 0 Å². The number of carboxylic acid groups (broad SMARTS) is 1. The number of nitrogens with one attached hydrogen (secondary N) is 1. The van der Waals surface area contributed by atoms with E-state index in [9.17, 15) is 23.3 Å². The van der Waals surface area contributed by atoms with Crippen molar-refractivity contribution >= 4 is 27.7 Å². The number of carbonyl (C=O) groups is 2. The molecule has 9 nitrogen and oxygen atoms in total. The van der Waals surface area contributed by atoms with Crippen molar-refractivity contribution in [1.29, 1.82) is 5.26 Å². The molecule has 1 amide bonds. The average molecular weight is 379 g/mol. The van der Waals surface area contributed by atoms with Crippen LogP contribution in [0.4, 0.5) is 5.69 Å². The third kappa shape index (κ3) is 4.81. The molecule has 1 aromatic rings. The number of hydrogen-bond acceptors (Lipinski definition) is 6. The lowest BCUT2D eigenvalue weighted by Crippen LogP contribution is -2.40. The molecule has 0 radical (unpaired) electrons. The lowest BCUT2D eigenvalue weighted by molar-refractivity contribution is -0.145. The normalized spacial score (nSPS) is 16.0. The van der Waals surface area contributed by atoms with Crippen LogP contribution in [0.2, 0.25) is 0 Å². The Morgan fingerprint density at radius 1 is 1.23 bits per heavy atom. The van der Waals surface area contributed by atoms with Crippen LogP contribution in [0.1, 0.15) is 12.8 Å². The number of carboxylic acids is 1. The van der Waals surface area contributed by atoms with Crippen molar-refractivity contribution < 1.29 is 27.7 Å². The van der Waals surface area contributed by atoms with Crippen LogP contribution in [0.25, 0.3) is 0 Å². The van der Waals surface area contributed by atoms with E-state index in [0.717, 1.165) is 0 Å². The summed E-state index contributed by atoms with van der Waals surface area (Å²) in [5.41, 5.74) is 0.264. The second kappa shape index (κ2) is 7.99. The molecule has 1 heterocycles. The predicted octanol–water partition coefficient (Wildman–Crippen LogP) is 1.08. The van der Waals surface area contributed by atoms with Crippen molar-refractivity contribution in [3.63, 3.8) is 0 Å². The number of piperidine rings is 1. The van der Waals surface area contributed by atoms with E-state index in [0.29, 0.717) is 18.5 Å². The molecule has 3 N–H and O–H groups in total. The quantitative estimate of drug-likeness (QED) is 0.391. The second-order valence-corrected chi connectivity index (χ2v) is 7.14. The van der Waals surface area contributed by atoms with Crippen LogP contribution in [0.5, 0.6) is 0 Å². The molecule has 0 spiro atoms. The van der Waals surface area contributed by atoms with Gasteiger partial charge in [-0.1, -0.05) is 0 Å². The Morgan fingerprint density at radius 3 is 2.27 bits per heavy atom. The van der Waals surface area contributed by atoms with Crippen LogP contribution >= 0.6 is 0 Å². The largest absolute Gasteiger partial charge is 0.481 e. The summed E-state index contributed by atoms with van der Waals surface area (Å²) in [5.74, 6) is -1.87. The summed E-state index contributed by atoms with van der Waals surface area (Å²) in [7, 11) is -4.29. The predicted molar refractivity (Wildman–Crippen MR) is 90.5 cm³/mol. The summed E-state index contributed by atoms with van der Waals surface area (Å²) in [4.78, 5) is 24.4. The highest BCUT2D eigenvalue weighted by atomic mass is 32.2. The zero-order valence-corrected chi connectivity index (χ0v) is 14.4. The Balaban J connectivity index is 2.03. The van der Waals surface area contributed by atoms with Crippen LogP contribution in [0, 0.1) is 17.2 Å². The first-order chi connectivity index (χ1) is 12.2. The molecule has 0 unspecified atom stereocenters. The molecule has 0 atom stereocenters. The number of hydrogen-bond donors (Lipinski definition) is 3. The number of rotatable bonds is 5. The van der Waals surface area contributed by atoms with E-state index in [4.69, 9.17) is 9.66 Å². The summed E-state index contributed by atoms with van der Waals surface area (Å²) < 4.78 is 30.9. The topological polar surface area (TPSA) is 148 Å². The number of aliphatic carboxylic acids is 1. The zero-order chi connectivity index (χ0) is 19.3. The fourth-order valence-electron chi connectivity index (χ4n) is 2.52. The molecule has 0 bridgehead atoms. The number of nitriles is 1. The first-order valence-electron chi connectivity index (χ1n) is 7.69. The maximum atomic E-state index is 12.3. The minimum atomic E-state index is -4.29. The van der Waals surface area contributed by atoms with Crippen LogP contribution in [-0.2, 0) is 19.7 Å². The number of likely N-dealkylation sites (tertiary alicyclic amines) is 1. The maximum absolute atomic E-state index is 12.3. The van der Waals surface area contributed by atoms with Gasteiger partial charge in [0, 0.05) is 25.0 Å². The van der Waals surface area contributed by atoms with Crippen LogP contribution in [-0.4, -0.2) is 47.9 Å². The van der Waals surface area contributed by atoms with Gasteiger partial charge >= 0.3 is 5.97 Å². The molecule has 1 aliphatic heterocycles. The van der Waals surface area contributed by atoms with E-state index in [1.165, 1.54) is 35.4 Å². The standard InChI is InChI=1S/C16H17N3O6S/c17-9-12(15(20)19-7-5-11(6-8-19)16(21)22)10-18-13-1-3-14(4-2-13)26(23,24)25/h1-4,10-11,18H,5-8H2,(H,21,22)(H,23,24,25)/b12-10-. The number of anilines is 1. The number of carbonyl (C=O) groups excluding carboxylic acids is 1. The summed E-state index contributed by atoms with van der Waals surface area (Å²) in [6, 6.07) is 6.89. The van der Waals surface area contributed by atoms with Crippen molar-refractivity contribution in [1.82, 2.24) is 4.90 Å². The van der Waals surface area contributed by atoms with Crippen molar-refractivity contribution in [3.05, 3.63) is 36.0 Å². The highest BCUT2D eigenvalue weighted by Crippen LogP contribution is 2.19. The molecule has 138 valence electrons. The molecule has 1 fully saturated rings. The Morgan fingerprint density at radius 2 is 1.81 bits per heavy atom. The molecule has 0 aromatic heterocycles. The van der Waals surface area contributed by atoms with Gasteiger partial charge in [0.15, 0.2) is 0 Å². The molecule has 0 saturated carbocycles. The number of benzene rings is 1. The van der Waals surface area contributed by atoms with Crippen molar-refractivity contribution in [2.24, 2.45) is 5.92 Å². The first kappa shape index (κ1) is 19.4. The zero-order valence-electron chi connectivity index (χ0n) is 13.6. The van der Waals surface area contributed by atoms with Crippen molar-refractivity contribution in [2.45, 2.75) is 17.7 Å². The molecule has 26 heavy (non-hydrogen) atoms. The molecule has 1 aliphatic rings. The smallest absolute Gasteiger partial charge is 0.306 e. The van der Waals surface area contributed by atoms with E-state index in [-0.39, 0.29) is 23.6 Å². The summed E-state index contributed by atoms with van der Waals surface area (Å²) in [5, 5.41) is 20.9. The average Bonchev–Trinajstić information content (AvgIpc) is 2.61. The molecule has 2 rings (SSSR count). The van der Waals surface area contributed by atoms with Crippen molar-refractivity contribution in [3.8, 4) is 6.07 Å². The van der Waals surface area contributed by atoms with E-state index in [1.54, 1.807) is 6.07 Å². The highest BCUT2D eigenvalue weighted by molar-refractivity contribution is 7.85. The lowest BCUT2D eigenvalue weighted by atomic mass is 9.97. The minimum Gasteiger partial charge on any atom is -0.481 e. The van der Waals surface area contributed by atoms with Gasteiger partial charge < -0.3 is 15.3 Å². The summed E-state index contributed by atoms with van der Waals surface area (Å²) in [6.45, 7) is 0.524. The minimum absolute atomic E-state index is 0.155. The third-order valence-electron chi connectivity index (χ3n) is 4.02. The van der Waals surface area contributed by atoms with Gasteiger partial charge in [0.1, 0.15) is 11.6 Å². The Kier molecular flexibility index (Phi) is 5.97. The molecule has 1 aromatic carbocycles. The van der Waals surface area contributed by atoms with Gasteiger partial charge in [-0.15, -0.1) is 0 Å². The Hall–Kier alpha value is -2.90. The maximum Gasteiger partial charge on any atom is 0.306 e. The molecule has 10 heteroatoms. The number of amides is 1. The summed E-state index contributed by atoms with van der Waals surface area (Å²) >= 11 is 0. The second-order valence-electron chi connectivity index (χ2n) is 5.72. The van der Waals surface area contributed by atoms with Gasteiger partial charge in [0.05, 0.1) is 10.8 Å². The molecule has 0 aliphatic carbocycles. The van der Waals surface area contributed by atoms with Gasteiger partial charge in [0.2, 0.25) is 0 Å². The number of nitrogens with zero attached hydrogens (tertiary/aromatic N) is 2. The molecular formula is C16H17N3O6S. The van der Waals surface area contributed by atoms with Gasteiger partial charge in [-0.25, -0.2) is 0 Å². The van der Waals surface area contributed by atoms with Gasteiger partial charge in [-0.05, 0) is 37.1 Å². The van der Waals surface area contributed by atoms with Gasteiger partial charge in [0.25, 0.3) is 16.0 Å². The van der Waals surface area contributed by atoms with Crippen LogP contribution < -0.4 is 5.32 Å². The lowest BCUT2D eigenvalue weighted by Gasteiger charge is -2.29. The highest BCUT2D eigenvalue weighted by Gasteiger charge is 2.28. The Bertz CT molecular complexity index is 862. The van der Waals surface area contributed by atoms with E-state index >= 15 is 0 Å².